The van der Waals surface area contributed by atoms with E-state index in [1.54, 1.807) is 0 Å². The second-order valence-corrected chi connectivity index (χ2v) is 6.59. The van der Waals surface area contributed by atoms with Crippen LogP contribution in [0.4, 0.5) is 0 Å². The van der Waals surface area contributed by atoms with Gasteiger partial charge in [0.25, 0.3) is 0 Å². The van der Waals surface area contributed by atoms with Crippen LogP contribution in [-0.2, 0) is 0 Å². The first-order valence-corrected chi connectivity index (χ1v) is 8.42. The number of nitrogens with one attached hydrogen (secondary N) is 2. The Morgan fingerprint density at radius 3 is 2.65 bits per heavy atom. The maximum atomic E-state index is 9.88. The first-order chi connectivity index (χ1) is 9.69. The lowest BCUT2D eigenvalue weighted by Crippen LogP contribution is -2.45. The Morgan fingerprint density at radius 1 is 1.20 bits per heavy atom. The molecule has 4 nitrogen and oxygen atoms in total. The Kier molecular flexibility index (Phi) is 6.14. The highest BCUT2D eigenvalue weighted by Gasteiger charge is 2.25. The van der Waals surface area contributed by atoms with Crippen molar-refractivity contribution in [2.45, 2.75) is 70.9 Å². The Bertz CT molecular complexity index is 319. The summed E-state index contributed by atoms with van der Waals surface area (Å²) in [5, 5.41) is 16.8. The molecular formula is C16H31N3O. The number of nitrogens with zero attached hydrogens (tertiary/aromatic N) is 1. The number of aliphatic hydroxyl groups is 1. The third kappa shape index (κ3) is 4.65. The lowest BCUT2D eigenvalue weighted by Gasteiger charge is -2.29. The highest BCUT2D eigenvalue weighted by atomic mass is 16.3. The lowest BCUT2D eigenvalue weighted by molar-refractivity contribution is 0.136. The van der Waals surface area contributed by atoms with Crippen LogP contribution in [0, 0.1) is 11.8 Å². The molecule has 20 heavy (non-hydrogen) atoms. The molecule has 0 radical (unpaired) electrons. The molecular weight excluding hydrogens is 250 g/mol. The summed E-state index contributed by atoms with van der Waals surface area (Å²) in [7, 11) is 0. The summed E-state index contributed by atoms with van der Waals surface area (Å²) in [6.07, 6.45) is 8.24. The van der Waals surface area contributed by atoms with E-state index in [9.17, 15) is 5.11 Å². The van der Waals surface area contributed by atoms with Crippen molar-refractivity contribution in [1.82, 2.24) is 10.6 Å². The van der Waals surface area contributed by atoms with Crippen LogP contribution in [-0.4, -0.2) is 36.3 Å². The Labute approximate surface area is 123 Å². The van der Waals surface area contributed by atoms with E-state index < -0.39 is 0 Å². The summed E-state index contributed by atoms with van der Waals surface area (Å²) >= 11 is 0. The fourth-order valence-electron chi connectivity index (χ4n) is 3.52. The van der Waals surface area contributed by atoms with Crippen molar-refractivity contribution in [2.24, 2.45) is 16.8 Å². The molecule has 2 aliphatic carbocycles. The molecule has 116 valence electrons. The van der Waals surface area contributed by atoms with Gasteiger partial charge in [-0.3, -0.25) is 4.99 Å². The van der Waals surface area contributed by atoms with Crippen molar-refractivity contribution in [1.29, 1.82) is 0 Å². The number of rotatable bonds is 4. The normalized spacial score (nSPS) is 35.0. The molecule has 0 aromatic carbocycles. The second kappa shape index (κ2) is 7.87. The van der Waals surface area contributed by atoms with Gasteiger partial charge in [-0.25, -0.2) is 0 Å². The first-order valence-electron chi connectivity index (χ1n) is 8.42. The van der Waals surface area contributed by atoms with Crippen LogP contribution in [0.1, 0.15) is 58.8 Å². The zero-order valence-corrected chi connectivity index (χ0v) is 13.1. The quantitative estimate of drug-likeness (QED) is 0.547. The molecule has 2 saturated carbocycles. The van der Waals surface area contributed by atoms with Gasteiger partial charge in [0.05, 0.1) is 6.10 Å². The van der Waals surface area contributed by atoms with Gasteiger partial charge in [0.15, 0.2) is 5.96 Å². The lowest BCUT2D eigenvalue weighted by atomic mass is 9.87. The molecule has 0 saturated heterocycles. The minimum atomic E-state index is -0.142. The van der Waals surface area contributed by atoms with Gasteiger partial charge in [-0.05, 0) is 38.5 Å². The molecule has 0 aliphatic heterocycles. The van der Waals surface area contributed by atoms with E-state index in [1.165, 1.54) is 25.7 Å². The van der Waals surface area contributed by atoms with E-state index in [0.29, 0.717) is 12.0 Å². The molecule has 0 aromatic heterocycles. The number of aliphatic hydroxyl groups excluding tert-OH is 1. The van der Waals surface area contributed by atoms with Crippen LogP contribution >= 0.6 is 0 Å². The fraction of sp³-hybridized carbons (Fsp3) is 0.938. The summed E-state index contributed by atoms with van der Waals surface area (Å²) in [6.45, 7) is 6.08. The average Bonchev–Trinajstić information content (AvgIpc) is 2.82. The number of hydrogen-bond donors (Lipinski definition) is 3. The van der Waals surface area contributed by atoms with Crippen LogP contribution < -0.4 is 10.6 Å². The van der Waals surface area contributed by atoms with Gasteiger partial charge in [-0.15, -0.1) is 0 Å². The summed E-state index contributed by atoms with van der Waals surface area (Å²) in [6, 6.07) is 0.560. The Hall–Kier alpha value is -0.770. The average molecular weight is 281 g/mol. The molecule has 4 heteroatoms. The van der Waals surface area contributed by atoms with Crippen LogP contribution in [0.5, 0.6) is 0 Å². The van der Waals surface area contributed by atoms with E-state index >= 15 is 0 Å². The minimum absolute atomic E-state index is 0.142. The second-order valence-electron chi connectivity index (χ2n) is 6.59. The topological polar surface area (TPSA) is 56.7 Å². The Morgan fingerprint density at radius 2 is 2.00 bits per heavy atom. The van der Waals surface area contributed by atoms with Crippen LogP contribution in [0.3, 0.4) is 0 Å². The van der Waals surface area contributed by atoms with Crippen molar-refractivity contribution >= 4 is 5.96 Å². The number of hydrogen-bond acceptors (Lipinski definition) is 2. The minimum Gasteiger partial charge on any atom is -0.393 e. The van der Waals surface area contributed by atoms with Gasteiger partial charge in [0.1, 0.15) is 0 Å². The van der Waals surface area contributed by atoms with Gasteiger partial charge in [0.2, 0.25) is 0 Å². The molecule has 0 amide bonds. The smallest absolute Gasteiger partial charge is 0.191 e. The van der Waals surface area contributed by atoms with E-state index in [0.717, 1.165) is 44.2 Å². The summed E-state index contributed by atoms with van der Waals surface area (Å²) in [5.74, 6) is 2.11. The van der Waals surface area contributed by atoms with Gasteiger partial charge in [-0.1, -0.05) is 26.2 Å². The van der Waals surface area contributed by atoms with Crippen LogP contribution in [0.25, 0.3) is 0 Å². The molecule has 4 unspecified atom stereocenters. The molecule has 0 spiro atoms. The summed E-state index contributed by atoms with van der Waals surface area (Å²) in [4.78, 5) is 4.70. The van der Waals surface area contributed by atoms with Gasteiger partial charge in [-0.2, -0.15) is 0 Å². The van der Waals surface area contributed by atoms with Crippen molar-refractivity contribution < 1.29 is 5.11 Å². The number of aliphatic imine (C=N–C) groups is 1. The maximum absolute atomic E-state index is 9.88. The molecule has 2 aliphatic rings. The molecule has 0 aromatic rings. The predicted octanol–water partition coefficient (Wildman–Crippen LogP) is 2.28. The molecule has 0 heterocycles. The van der Waals surface area contributed by atoms with Crippen LogP contribution in [0.2, 0.25) is 0 Å². The van der Waals surface area contributed by atoms with E-state index in [-0.39, 0.29) is 6.10 Å². The fourth-order valence-corrected chi connectivity index (χ4v) is 3.52. The highest BCUT2D eigenvalue weighted by Crippen LogP contribution is 2.26. The molecule has 2 rings (SSSR count). The first kappa shape index (κ1) is 15.6. The third-order valence-electron chi connectivity index (χ3n) is 4.72. The van der Waals surface area contributed by atoms with Gasteiger partial charge >= 0.3 is 0 Å². The van der Waals surface area contributed by atoms with Crippen molar-refractivity contribution in [3.05, 3.63) is 0 Å². The zero-order chi connectivity index (χ0) is 14.4. The van der Waals surface area contributed by atoms with Crippen molar-refractivity contribution in [2.75, 3.05) is 13.1 Å². The standard InChI is InChI=1S/C16H31N3O/c1-3-17-16(18-11-13-7-5-9-15(13)20)19-14-8-4-6-12(2)10-14/h12-15,20H,3-11H2,1-2H3,(H2,17,18,19). The SMILES string of the molecule is CCNC(=NCC1CCCC1O)NC1CCCC(C)C1. The van der Waals surface area contributed by atoms with Crippen LogP contribution in [0.15, 0.2) is 4.99 Å². The zero-order valence-electron chi connectivity index (χ0n) is 13.1. The van der Waals surface area contributed by atoms with E-state index in [1.807, 2.05) is 0 Å². The third-order valence-corrected chi connectivity index (χ3v) is 4.72. The molecule has 0 bridgehead atoms. The molecule has 2 fully saturated rings. The largest absolute Gasteiger partial charge is 0.393 e. The predicted molar refractivity (Wildman–Crippen MR) is 83.9 cm³/mol. The van der Waals surface area contributed by atoms with Gasteiger partial charge in [0, 0.05) is 25.0 Å². The van der Waals surface area contributed by atoms with E-state index in [4.69, 9.17) is 4.99 Å². The van der Waals surface area contributed by atoms with E-state index in [2.05, 4.69) is 24.5 Å². The van der Waals surface area contributed by atoms with Crippen molar-refractivity contribution in [3.8, 4) is 0 Å². The van der Waals surface area contributed by atoms with Crippen molar-refractivity contribution in [3.63, 3.8) is 0 Å². The molecule has 3 N–H and O–H groups in total. The summed E-state index contributed by atoms with van der Waals surface area (Å²) in [5.41, 5.74) is 0. The Balaban J connectivity index is 1.85. The maximum Gasteiger partial charge on any atom is 0.191 e. The summed E-state index contributed by atoms with van der Waals surface area (Å²) < 4.78 is 0. The number of guanidine groups is 1. The highest BCUT2D eigenvalue weighted by molar-refractivity contribution is 5.80. The monoisotopic (exact) mass is 281 g/mol. The van der Waals surface area contributed by atoms with Gasteiger partial charge < -0.3 is 15.7 Å². The molecule has 4 atom stereocenters.